The van der Waals surface area contributed by atoms with E-state index in [0.717, 1.165) is 10.4 Å². The van der Waals surface area contributed by atoms with E-state index in [4.69, 9.17) is 11.6 Å². The number of amides is 1. The van der Waals surface area contributed by atoms with Crippen molar-refractivity contribution in [3.8, 4) is 0 Å². The predicted molar refractivity (Wildman–Crippen MR) is 81.3 cm³/mol. The summed E-state index contributed by atoms with van der Waals surface area (Å²) in [4.78, 5) is 11.9. The molecule has 0 aromatic carbocycles. The Bertz CT molecular complexity index is 723. The average molecular weight is 364 g/mol. The van der Waals surface area contributed by atoms with Crippen molar-refractivity contribution in [2.75, 3.05) is 0 Å². The number of aryl methyl sites for hydroxylation is 2. The maximum atomic E-state index is 12.7. The molecule has 0 atom stereocenters. The van der Waals surface area contributed by atoms with E-state index in [1.165, 1.54) is 6.92 Å². The standard InChI is InChI=1S/C14H17ClF3N5O/c1-3-22-10(4-6-20-22)8-19-11(24)5-7-23-9(2)12(15)13(21-23)14(16,17)18/h4,6H,3,5,7-8H2,1-2H3,(H,19,24). The van der Waals surface area contributed by atoms with E-state index in [0.29, 0.717) is 13.1 Å². The van der Waals surface area contributed by atoms with E-state index in [9.17, 15) is 18.0 Å². The fourth-order valence-electron chi connectivity index (χ4n) is 2.20. The van der Waals surface area contributed by atoms with Crippen LogP contribution in [0.2, 0.25) is 5.02 Å². The highest BCUT2D eigenvalue weighted by Crippen LogP contribution is 2.35. The summed E-state index contributed by atoms with van der Waals surface area (Å²) in [5.41, 5.74) is -0.0988. The van der Waals surface area contributed by atoms with Gasteiger partial charge in [0.2, 0.25) is 5.91 Å². The van der Waals surface area contributed by atoms with Crippen LogP contribution in [0.4, 0.5) is 13.2 Å². The van der Waals surface area contributed by atoms with Gasteiger partial charge >= 0.3 is 6.18 Å². The first kappa shape index (κ1) is 18.3. The molecule has 2 aromatic heterocycles. The Kier molecular flexibility index (Phi) is 5.53. The second-order valence-electron chi connectivity index (χ2n) is 5.13. The van der Waals surface area contributed by atoms with Gasteiger partial charge in [-0.05, 0) is 19.9 Å². The normalized spacial score (nSPS) is 11.8. The van der Waals surface area contributed by atoms with Crippen molar-refractivity contribution in [3.63, 3.8) is 0 Å². The molecule has 6 nitrogen and oxygen atoms in total. The van der Waals surface area contributed by atoms with Crippen LogP contribution in [0.15, 0.2) is 12.3 Å². The molecule has 24 heavy (non-hydrogen) atoms. The van der Waals surface area contributed by atoms with E-state index in [-0.39, 0.29) is 24.6 Å². The molecule has 0 radical (unpaired) electrons. The first-order chi connectivity index (χ1) is 11.2. The third-order valence-electron chi connectivity index (χ3n) is 3.52. The number of halogens is 4. The summed E-state index contributed by atoms with van der Waals surface area (Å²) in [6.07, 6.45) is -2.98. The van der Waals surface area contributed by atoms with Gasteiger partial charge in [0.15, 0.2) is 5.69 Å². The molecule has 0 aliphatic rings. The molecule has 10 heteroatoms. The van der Waals surface area contributed by atoms with Gasteiger partial charge in [0.05, 0.1) is 29.5 Å². The zero-order chi connectivity index (χ0) is 17.9. The second kappa shape index (κ2) is 7.25. The van der Waals surface area contributed by atoms with Crippen molar-refractivity contribution >= 4 is 17.5 Å². The lowest BCUT2D eigenvalue weighted by Gasteiger charge is -2.08. The van der Waals surface area contributed by atoms with Crippen LogP contribution in [0, 0.1) is 6.92 Å². The van der Waals surface area contributed by atoms with Crippen molar-refractivity contribution in [3.05, 3.63) is 34.4 Å². The number of rotatable bonds is 6. The molecule has 2 aromatic rings. The van der Waals surface area contributed by atoms with E-state index in [2.05, 4.69) is 15.5 Å². The molecule has 0 saturated heterocycles. The van der Waals surface area contributed by atoms with E-state index < -0.39 is 16.9 Å². The SMILES string of the molecule is CCn1nccc1CNC(=O)CCn1nc(C(F)(F)F)c(Cl)c1C. The lowest BCUT2D eigenvalue weighted by molar-refractivity contribution is -0.141. The molecule has 0 saturated carbocycles. The van der Waals surface area contributed by atoms with Crippen molar-refractivity contribution in [2.24, 2.45) is 0 Å². The summed E-state index contributed by atoms with van der Waals surface area (Å²) in [6.45, 7) is 4.37. The Hall–Kier alpha value is -2.03. The largest absolute Gasteiger partial charge is 0.436 e. The molecule has 0 spiro atoms. The van der Waals surface area contributed by atoms with E-state index in [1.807, 2.05) is 6.92 Å². The minimum absolute atomic E-state index is 0.00356. The predicted octanol–water partition coefficient (Wildman–Crippen LogP) is 2.79. The van der Waals surface area contributed by atoms with Gasteiger partial charge in [0.1, 0.15) is 0 Å². The lowest BCUT2D eigenvalue weighted by Crippen LogP contribution is -2.25. The number of carbonyl (C=O) groups excluding carboxylic acids is 1. The molecule has 0 aliphatic heterocycles. The van der Waals surface area contributed by atoms with Crippen LogP contribution in [0.1, 0.15) is 30.4 Å². The summed E-state index contributed by atoms with van der Waals surface area (Å²) in [7, 11) is 0. The quantitative estimate of drug-likeness (QED) is 0.858. The molecule has 2 heterocycles. The minimum atomic E-state index is -4.62. The molecule has 0 aliphatic carbocycles. The highest BCUT2D eigenvalue weighted by molar-refractivity contribution is 6.31. The second-order valence-corrected chi connectivity index (χ2v) is 5.51. The highest BCUT2D eigenvalue weighted by Gasteiger charge is 2.38. The number of hydrogen-bond donors (Lipinski definition) is 1. The Morgan fingerprint density at radius 3 is 2.67 bits per heavy atom. The topological polar surface area (TPSA) is 64.7 Å². The Morgan fingerprint density at radius 1 is 1.38 bits per heavy atom. The third-order valence-corrected chi connectivity index (χ3v) is 3.98. The monoisotopic (exact) mass is 363 g/mol. The Morgan fingerprint density at radius 2 is 2.08 bits per heavy atom. The number of hydrogen-bond acceptors (Lipinski definition) is 3. The fourth-order valence-corrected chi connectivity index (χ4v) is 2.45. The van der Waals surface area contributed by atoms with Crippen LogP contribution in [0.25, 0.3) is 0 Å². The van der Waals surface area contributed by atoms with Gasteiger partial charge in [-0.1, -0.05) is 11.6 Å². The smallest absolute Gasteiger partial charge is 0.350 e. The molecule has 132 valence electrons. The number of alkyl halides is 3. The van der Waals surface area contributed by atoms with Crippen molar-refractivity contribution in [1.29, 1.82) is 0 Å². The van der Waals surface area contributed by atoms with Crippen LogP contribution in [-0.2, 0) is 30.6 Å². The molecule has 0 bridgehead atoms. The summed E-state index contributed by atoms with van der Waals surface area (Å²) in [5.74, 6) is -0.293. The van der Waals surface area contributed by atoms with E-state index in [1.54, 1.807) is 16.9 Å². The van der Waals surface area contributed by atoms with Gasteiger partial charge < -0.3 is 5.32 Å². The van der Waals surface area contributed by atoms with Gasteiger partial charge in [-0.25, -0.2) is 0 Å². The Balaban J connectivity index is 1.93. The number of nitrogens with zero attached hydrogens (tertiary/aromatic N) is 4. The average Bonchev–Trinajstić information content (AvgIpc) is 3.08. The summed E-state index contributed by atoms with van der Waals surface area (Å²) in [5, 5.41) is 9.81. The van der Waals surface area contributed by atoms with Crippen LogP contribution in [0.5, 0.6) is 0 Å². The summed E-state index contributed by atoms with van der Waals surface area (Å²) in [6, 6.07) is 1.79. The van der Waals surface area contributed by atoms with Crippen LogP contribution in [0.3, 0.4) is 0 Å². The molecule has 1 amide bonds. The van der Waals surface area contributed by atoms with Gasteiger partial charge in [0.25, 0.3) is 0 Å². The van der Waals surface area contributed by atoms with Gasteiger partial charge in [-0.15, -0.1) is 0 Å². The minimum Gasteiger partial charge on any atom is -0.350 e. The first-order valence-electron chi connectivity index (χ1n) is 7.31. The van der Waals surface area contributed by atoms with Gasteiger partial charge in [0, 0.05) is 19.2 Å². The van der Waals surface area contributed by atoms with Crippen molar-refractivity contribution in [1.82, 2.24) is 24.9 Å². The molecule has 1 N–H and O–H groups in total. The van der Waals surface area contributed by atoms with Crippen LogP contribution < -0.4 is 5.32 Å². The molecular weight excluding hydrogens is 347 g/mol. The van der Waals surface area contributed by atoms with Crippen molar-refractivity contribution in [2.45, 2.75) is 46.1 Å². The Labute approximate surface area is 141 Å². The molecule has 0 fully saturated rings. The number of aromatic nitrogens is 4. The third kappa shape index (κ3) is 4.08. The highest BCUT2D eigenvalue weighted by atomic mass is 35.5. The zero-order valence-corrected chi connectivity index (χ0v) is 13.9. The zero-order valence-electron chi connectivity index (χ0n) is 13.2. The van der Waals surface area contributed by atoms with E-state index >= 15 is 0 Å². The van der Waals surface area contributed by atoms with Gasteiger partial charge in [-0.2, -0.15) is 23.4 Å². The van der Waals surface area contributed by atoms with Crippen LogP contribution >= 0.6 is 11.6 Å². The molecular formula is C14H17ClF3N5O. The molecule has 2 rings (SSSR count). The summed E-state index contributed by atoms with van der Waals surface area (Å²) < 4.78 is 41.1. The van der Waals surface area contributed by atoms with Crippen LogP contribution in [-0.4, -0.2) is 25.5 Å². The maximum Gasteiger partial charge on any atom is 0.436 e. The summed E-state index contributed by atoms with van der Waals surface area (Å²) >= 11 is 5.66. The number of nitrogens with one attached hydrogen (secondary N) is 1. The number of carbonyl (C=O) groups is 1. The van der Waals surface area contributed by atoms with Gasteiger partial charge in [-0.3, -0.25) is 14.2 Å². The molecule has 0 unspecified atom stereocenters. The maximum absolute atomic E-state index is 12.7. The van der Waals surface area contributed by atoms with Crippen molar-refractivity contribution < 1.29 is 18.0 Å². The first-order valence-corrected chi connectivity index (χ1v) is 7.69. The fraction of sp³-hybridized carbons (Fsp3) is 0.500. The lowest BCUT2D eigenvalue weighted by atomic mass is 10.3.